The van der Waals surface area contributed by atoms with E-state index < -0.39 is 197 Å². The van der Waals surface area contributed by atoms with Gasteiger partial charge in [0.2, 0.25) is 0 Å². The van der Waals surface area contributed by atoms with Crippen molar-refractivity contribution < 1.29 is 172 Å². The Kier molecular flexibility index (Phi) is 34.6. The van der Waals surface area contributed by atoms with Crippen molar-refractivity contribution in [3.63, 3.8) is 0 Å². The van der Waals surface area contributed by atoms with Crippen LogP contribution in [0.2, 0.25) is 0 Å². The molecule has 135 heavy (non-hydrogen) atoms. The highest BCUT2D eigenvalue weighted by Gasteiger charge is 2.58. The van der Waals surface area contributed by atoms with Gasteiger partial charge < -0.3 is 102 Å². The van der Waals surface area contributed by atoms with E-state index in [1.54, 1.807) is 93.6 Å². The molecule has 9 fully saturated rings. The fourth-order valence-corrected chi connectivity index (χ4v) is 21.7. The number of nitrogens with two attached hydrogens (primary N) is 1. The van der Waals surface area contributed by atoms with Crippen LogP contribution in [0.4, 0.5) is 0 Å². The van der Waals surface area contributed by atoms with Crippen molar-refractivity contribution in [3.05, 3.63) is 162 Å². The van der Waals surface area contributed by atoms with Gasteiger partial charge in [-0.2, -0.15) is 50.5 Å². The molecule has 0 spiro atoms. The number of hydrogen-bond acceptors (Lipinski definition) is 40. The molecular formula is C89H119NO39S6. The fraction of sp³-hybridized carbons (Fsp3) is 0.596. The Morgan fingerprint density at radius 1 is 0.267 bits per heavy atom. The molecule has 9 saturated heterocycles. The number of ether oxygens (including phenoxy) is 15. The maximum atomic E-state index is 12.8. The largest absolute Gasteiger partial charge is 0.497 e. The van der Waals surface area contributed by atoms with Crippen LogP contribution in [0.15, 0.2) is 146 Å². The molecule has 6 bridgehead atoms. The third-order valence-corrected chi connectivity index (χ3v) is 31.0. The highest BCUT2D eigenvalue weighted by atomic mass is 32.3. The number of benzene rings is 6. The van der Waals surface area contributed by atoms with Crippen LogP contribution in [0.1, 0.15) is 92.9 Å². The maximum Gasteiger partial charge on any atom is 0.449 e. The summed E-state index contributed by atoms with van der Waals surface area (Å²) in [4.78, 5) is 0. The lowest BCUT2D eigenvalue weighted by atomic mass is 9.79. The lowest BCUT2D eigenvalue weighted by Gasteiger charge is -2.46. The van der Waals surface area contributed by atoms with Gasteiger partial charge in [0.15, 0.2) is 37.7 Å². The van der Waals surface area contributed by atoms with Gasteiger partial charge in [-0.15, -0.1) is 0 Å². The zero-order valence-corrected chi connectivity index (χ0v) is 82.3. The van der Waals surface area contributed by atoms with E-state index in [1.165, 1.54) is 94.1 Å². The first kappa shape index (κ1) is 105. The van der Waals surface area contributed by atoms with Crippen LogP contribution in [0, 0.1) is 85.9 Å². The minimum atomic E-state index is -4.51. The molecule has 15 rings (SSSR count). The van der Waals surface area contributed by atoms with Crippen molar-refractivity contribution in [2.24, 2.45) is 70.8 Å². The predicted molar refractivity (Wildman–Crippen MR) is 476 cm³/mol. The first-order valence-electron chi connectivity index (χ1n) is 44.0. The molecule has 0 saturated carbocycles. The van der Waals surface area contributed by atoms with E-state index in [1.807, 2.05) is 76.2 Å². The highest BCUT2D eigenvalue weighted by Crippen LogP contribution is 2.46. The van der Waals surface area contributed by atoms with E-state index >= 15 is 0 Å². The Labute approximate surface area is 789 Å². The first-order chi connectivity index (χ1) is 63.7. The Hall–Kier alpha value is -7.54. The van der Waals surface area contributed by atoms with Gasteiger partial charge in [-0.05, 0) is 165 Å². The normalized spacial score (nSPS) is 33.5. The molecule has 9 heterocycles. The summed E-state index contributed by atoms with van der Waals surface area (Å²) in [6.45, 7) is 26.1. The standard InChI is InChI=1S/2C30H40O13S2.C29H39NO13S2/c2*1-17-7-9-23(10-8-17)42-45(33,34)43-28-21(5)27(26-15-36-30(28)39-26)40-29-20(4)18(2)19(3)25(38-29)16-37-44(31,32)41-24-13-11-22(35-6)12-14-24;1-16-6-8-21(9-7-16)42-45(33,34)43-27-19(4)26(24-14-36-29(27)39-24)40-28-25(30)18(3)17(2)23(38-28)15-37-44(31,32)41-22-12-10-20(35-5)11-13-22/h2*7-14,18-21,25-30H,15-16H2,1-6H3;6-13,17-19,23-29H,14-15,30H2,1-5H3/t2*18-,19-,20?,21-,25?,26?,27-,28?,29+,30+;17-,18-,19-,23?,24?,25?,26-,27?,28+,29+/m000/s1. The minimum Gasteiger partial charge on any atom is -0.497 e. The summed E-state index contributed by atoms with van der Waals surface area (Å²) in [5, 5.41) is 0. The van der Waals surface area contributed by atoms with Crippen molar-refractivity contribution in [1.29, 1.82) is 0 Å². The summed E-state index contributed by atoms with van der Waals surface area (Å²) in [5.74, 6) is -0.120. The molecule has 2 N–H and O–H groups in total. The van der Waals surface area contributed by atoms with E-state index in [2.05, 4.69) is 0 Å². The second-order valence-electron chi connectivity index (χ2n) is 35.0. The lowest BCUT2D eigenvalue weighted by molar-refractivity contribution is -0.301. The lowest BCUT2D eigenvalue weighted by Crippen LogP contribution is -2.59. The molecule has 6 aromatic rings. The van der Waals surface area contributed by atoms with Gasteiger partial charge in [-0.25, -0.2) is 25.1 Å². The van der Waals surface area contributed by atoms with Crippen LogP contribution in [0.5, 0.6) is 51.7 Å². The number of aryl methyl sites for hydroxylation is 3. The van der Waals surface area contributed by atoms with Crippen LogP contribution in [-0.4, -0.2) is 229 Å². The molecule has 0 aliphatic carbocycles. The smallest absolute Gasteiger partial charge is 0.449 e. The second kappa shape index (κ2) is 44.5. The summed E-state index contributed by atoms with van der Waals surface area (Å²) in [5.41, 5.74) is 9.34. The summed E-state index contributed by atoms with van der Waals surface area (Å²) < 4.78 is 303. The molecule has 6 aromatic carbocycles. The molecule has 0 aromatic heterocycles. The SMILES string of the molecule is COc1ccc(OS(=O)(=O)OCC2O[C@H](O[C@@H]3C4CO[C@H](O4)C(OS(=O)(=O)Oc4ccc(C)cc4)[C@H]3C)C(C)[C@@H](C)[C@@H]2C)cc1.COc1ccc(OS(=O)(=O)OCC2O[C@H](O[C@@H]3C4CO[C@H](O4)C(OS(=O)(=O)Oc4ccc(C)cc4)[C@H]3C)C(C)[C@@H](C)[C@@H]2C)cc1.COc1ccc(OS(=O)(=O)OCC2O[C@H](O[C@@H]3C4CO[C@H](O4)C(OS(=O)(=O)Oc4ccc(C)cc4)[C@H]3C)C(N)[C@@H](C)[C@@H]2C)cc1. The molecule has 30 atom stereocenters. The van der Waals surface area contributed by atoms with Gasteiger partial charge in [0.05, 0.1) is 104 Å². The van der Waals surface area contributed by atoms with E-state index in [-0.39, 0.29) is 121 Å². The molecule has 0 amide bonds. The summed E-state index contributed by atoms with van der Waals surface area (Å²) in [6.07, 6.45) is -14.3. The van der Waals surface area contributed by atoms with Gasteiger partial charge in [0, 0.05) is 29.6 Å². The minimum absolute atomic E-state index is 0.0466. The van der Waals surface area contributed by atoms with Crippen LogP contribution >= 0.6 is 0 Å². The van der Waals surface area contributed by atoms with E-state index in [0.717, 1.165) is 16.7 Å². The molecule has 12 unspecified atom stereocenters. The molecule has 750 valence electrons. The van der Waals surface area contributed by atoms with Crippen molar-refractivity contribution in [2.45, 2.75) is 214 Å². The molecule has 9 aliphatic rings. The monoisotopic (exact) mass is 2020 g/mol. The van der Waals surface area contributed by atoms with Crippen molar-refractivity contribution >= 4 is 62.4 Å². The van der Waals surface area contributed by atoms with E-state index in [4.69, 9.17) is 127 Å². The Balaban J connectivity index is 0.000000171. The molecule has 46 heteroatoms. The fourth-order valence-electron chi connectivity index (χ4n) is 16.8. The van der Waals surface area contributed by atoms with E-state index in [9.17, 15) is 50.5 Å². The Morgan fingerprint density at radius 3 is 0.748 bits per heavy atom. The summed E-state index contributed by atoms with van der Waals surface area (Å²) in [7, 11) is -22.2. The molecular weight excluding hydrogens is 1900 g/mol. The third-order valence-electron chi connectivity index (χ3n) is 25.9. The highest BCUT2D eigenvalue weighted by molar-refractivity contribution is 7.83. The van der Waals surface area contributed by atoms with Gasteiger partial charge >= 0.3 is 62.4 Å². The van der Waals surface area contributed by atoms with Gasteiger partial charge in [-0.1, -0.05) is 129 Å². The predicted octanol–water partition coefficient (Wildman–Crippen LogP) is 9.98. The number of hydrogen-bond donors (Lipinski definition) is 1. The van der Waals surface area contributed by atoms with Gasteiger partial charge in [0.25, 0.3) is 0 Å². The first-order valence-corrected chi connectivity index (χ1v) is 52.0. The topological polar surface area (TPSA) is 480 Å². The second-order valence-corrected chi connectivity index (χ2v) is 42.2. The summed E-state index contributed by atoms with van der Waals surface area (Å²) in [6, 6.07) is 36.9. The van der Waals surface area contributed by atoms with E-state index in [0.29, 0.717) is 17.2 Å². The van der Waals surface area contributed by atoms with Crippen LogP contribution in [0.25, 0.3) is 0 Å². The molecule has 9 aliphatic heterocycles. The van der Waals surface area contributed by atoms with Crippen molar-refractivity contribution in [1.82, 2.24) is 0 Å². The van der Waals surface area contributed by atoms with Crippen LogP contribution < -0.4 is 45.0 Å². The van der Waals surface area contributed by atoms with Crippen LogP contribution in [-0.2, 0) is 144 Å². The summed E-state index contributed by atoms with van der Waals surface area (Å²) >= 11 is 0. The van der Waals surface area contributed by atoms with Gasteiger partial charge in [-0.3, -0.25) is 0 Å². The van der Waals surface area contributed by atoms with Crippen molar-refractivity contribution in [3.8, 4) is 51.7 Å². The average molecular weight is 2020 g/mol. The quantitative estimate of drug-likeness (QED) is 0.0382. The number of fused-ring (bicyclic) bond motifs is 6. The average Bonchev–Trinajstić information content (AvgIpc) is 1.67. The number of methoxy groups -OCH3 is 3. The third kappa shape index (κ3) is 27.2. The van der Waals surface area contributed by atoms with Crippen molar-refractivity contribution in [2.75, 3.05) is 61.0 Å². The molecule has 40 nitrogen and oxygen atoms in total. The zero-order chi connectivity index (χ0) is 97.6. The zero-order valence-electron chi connectivity index (χ0n) is 77.4. The van der Waals surface area contributed by atoms with Crippen LogP contribution in [0.3, 0.4) is 0 Å². The molecule has 0 radical (unpaired) electrons. The Bertz CT molecular complexity index is 5040. The Morgan fingerprint density at radius 2 is 0.489 bits per heavy atom. The van der Waals surface area contributed by atoms with Gasteiger partial charge in [0.1, 0.15) is 88.4 Å². The number of rotatable bonds is 36. The maximum absolute atomic E-state index is 12.8.